The predicted octanol–water partition coefficient (Wildman–Crippen LogP) is 1.00. The summed E-state index contributed by atoms with van der Waals surface area (Å²) < 4.78 is 30.9. The van der Waals surface area contributed by atoms with Crippen molar-refractivity contribution in [2.45, 2.75) is 37.1 Å². The standard InChI is InChI=1S/C16H21N5O4S/c1-2-3-6-16(18-19-16)7-4-15(22)20-8-10-21(11-9-20)26(23,24)13-14-5-12-25-17-14/h1,5,12H,3-4,6-11,13H2. The fourth-order valence-corrected chi connectivity index (χ4v) is 4.36. The molecular formula is C16H21N5O4S. The molecule has 0 unspecified atom stereocenters. The van der Waals surface area contributed by atoms with E-state index in [9.17, 15) is 13.2 Å². The molecule has 0 aliphatic carbocycles. The number of aromatic nitrogens is 1. The van der Waals surface area contributed by atoms with E-state index in [1.807, 2.05) is 0 Å². The lowest BCUT2D eigenvalue weighted by Crippen LogP contribution is -2.50. The van der Waals surface area contributed by atoms with Crippen LogP contribution >= 0.6 is 0 Å². The molecule has 26 heavy (non-hydrogen) atoms. The van der Waals surface area contributed by atoms with Crippen molar-refractivity contribution < 1.29 is 17.7 Å². The van der Waals surface area contributed by atoms with E-state index in [-0.39, 0.29) is 24.7 Å². The molecule has 140 valence electrons. The third-order valence-corrected chi connectivity index (χ3v) is 6.41. The van der Waals surface area contributed by atoms with Crippen molar-refractivity contribution in [1.82, 2.24) is 14.4 Å². The molecule has 1 aromatic heterocycles. The minimum Gasteiger partial charge on any atom is -0.364 e. The number of amides is 1. The molecule has 3 rings (SSSR count). The molecule has 2 aliphatic rings. The summed E-state index contributed by atoms with van der Waals surface area (Å²) in [4.78, 5) is 14.1. The number of carbonyl (C=O) groups is 1. The lowest BCUT2D eigenvalue weighted by molar-refractivity contribution is -0.132. The molecule has 9 nitrogen and oxygen atoms in total. The highest BCUT2D eigenvalue weighted by Crippen LogP contribution is 2.37. The zero-order chi connectivity index (χ0) is 18.6. The van der Waals surface area contributed by atoms with Crippen LogP contribution in [0.1, 0.15) is 31.4 Å². The summed E-state index contributed by atoms with van der Waals surface area (Å²) in [5, 5.41) is 11.7. The van der Waals surface area contributed by atoms with Crippen LogP contribution in [0, 0.1) is 12.3 Å². The van der Waals surface area contributed by atoms with Crippen molar-refractivity contribution in [3.8, 4) is 12.3 Å². The SMILES string of the molecule is C#CCCC1(CCC(=O)N2CCN(S(=O)(=O)Cc3ccon3)CC2)N=N1. The Balaban J connectivity index is 1.44. The van der Waals surface area contributed by atoms with Gasteiger partial charge in [0.25, 0.3) is 0 Å². The second kappa shape index (κ2) is 7.55. The lowest BCUT2D eigenvalue weighted by atomic mass is 10.0. The van der Waals surface area contributed by atoms with E-state index in [4.69, 9.17) is 6.42 Å². The quantitative estimate of drug-likeness (QED) is 0.626. The Bertz CT molecular complexity index is 798. The van der Waals surface area contributed by atoms with E-state index in [1.54, 1.807) is 4.90 Å². The van der Waals surface area contributed by atoms with Crippen LogP contribution in [-0.2, 0) is 20.6 Å². The molecule has 1 saturated heterocycles. The number of piperazine rings is 1. The molecular weight excluding hydrogens is 358 g/mol. The van der Waals surface area contributed by atoms with Gasteiger partial charge in [0.05, 0.1) is 5.69 Å². The van der Waals surface area contributed by atoms with E-state index in [2.05, 4.69) is 25.8 Å². The Hall–Kier alpha value is -2.25. The second-order valence-electron chi connectivity index (χ2n) is 6.41. The van der Waals surface area contributed by atoms with Crippen LogP contribution in [0.15, 0.2) is 27.1 Å². The molecule has 0 radical (unpaired) electrons. The van der Waals surface area contributed by atoms with Crippen molar-refractivity contribution in [2.75, 3.05) is 26.2 Å². The van der Waals surface area contributed by atoms with E-state index in [0.29, 0.717) is 44.5 Å². The summed E-state index contributed by atoms with van der Waals surface area (Å²) >= 11 is 0. The van der Waals surface area contributed by atoms with Gasteiger partial charge in [-0.1, -0.05) is 5.16 Å². The van der Waals surface area contributed by atoms with Crippen LogP contribution in [0.2, 0.25) is 0 Å². The highest BCUT2D eigenvalue weighted by atomic mass is 32.2. The molecule has 0 spiro atoms. The van der Waals surface area contributed by atoms with Crippen molar-refractivity contribution >= 4 is 15.9 Å². The van der Waals surface area contributed by atoms with E-state index in [1.165, 1.54) is 16.6 Å². The van der Waals surface area contributed by atoms with Gasteiger partial charge < -0.3 is 9.42 Å². The molecule has 1 aromatic rings. The summed E-state index contributed by atoms with van der Waals surface area (Å²) in [7, 11) is -3.47. The number of terminal acetylenes is 1. The number of carbonyl (C=O) groups excluding carboxylic acids is 1. The minimum absolute atomic E-state index is 0.00377. The van der Waals surface area contributed by atoms with Gasteiger partial charge >= 0.3 is 0 Å². The van der Waals surface area contributed by atoms with Gasteiger partial charge in [-0.2, -0.15) is 14.5 Å². The number of hydrogen-bond acceptors (Lipinski definition) is 7. The maximum Gasteiger partial charge on any atom is 0.222 e. The zero-order valence-electron chi connectivity index (χ0n) is 14.4. The highest BCUT2D eigenvalue weighted by Gasteiger charge is 2.40. The summed E-state index contributed by atoms with van der Waals surface area (Å²) in [6.07, 6.45) is 8.75. The Morgan fingerprint density at radius 3 is 2.58 bits per heavy atom. The maximum absolute atomic E-state index is 12.4. The lowest BCUT2D eigenvalue weighted by Gasteiger charge is -2.34. The van der Waals surface area contributed by atoms with E-state index < -0.39 is 15.7 Å². The molecule has 2 aliphatic heterocycles. The Morgan fingerprint density at radius 1 is 1.27 bits per heavy atom. The number of hydrogen-bond donors (Lipinski definition) is 0. The topological polar surface area (TPSA) is 108 Å². The third kappa shape index (κ3) is 4.47. The van der Waals surface area contributed by atoms with Gasteiger partial charge in [-0.25, -0.2) is 8.42 Å². The Kier molecular flexibility index (Phi) is 5.38. The number of nitrogens with zero attached hydrogens (tertiary/aromatic N) is 5. The van der Waals surface area contributed by atoms with Crippen LogP contribution in [0.5, 0.6) is 0 Å². The molecule has 0 bridgehead atoms. The average molecular weight is 379 g/mol. The van der Waals surface area contributed by atoms with Crippen molar-refractivity contribution in [1.29, 1.82) is 0 Å². The molecule has 0 N–H and O–H groups in total. The number of sulfonamides is 1. The number of rotatable bonds is 8. The van der Waals surface area contributed by atoms with Crippen LogP contribution in [-0.4, -0.2) is 60.5 Å². The first-order chi connectivity index (χ1) is 12.4. The molecule has 0 aromatic carbocycles. The zero-order valence-corrected chi connectivity index (χ0v) is 15.2. The summed E-state index contributed by atoms with van der Waals surface area (Å²) in [5.41, 5.74) is -0.0946. The van der Waals surface area contributed by atoms with Gasteiger partial charge in [-0.3, -0.25) is 4.79 Å². The first-order valence-electron chi connectivity index (χ1n) is 8.46. The van der Waals surface area contributed by atoms with Crippen LogP contribution in [0.3, 0.4) is 0 Å². The Labute approximate surface area is 152 Å². The predicted molar refractivity (Wildman–Crippen MR) is 92.2 cm³/mol. The summed E-state index contributed by atoms with van der Waals surface area (Å²) in [6.45, 7) is 1.32. The van der Waals surface area contributed by atoms with E-state index >= 15 is 0 Å². The first-order valence-corrected chi connectivity index (χ1v) is 10.1. The molecule has 10 heteroatoms. The van der Waals surface area contributed by atoms with Crippen molar-refractivity contribution in [3.63, 3.8) is 0 Å². The molecule has 3 heterocycles. The normalized spacial score (nSPS) is 19.3. The van der Waals surface area contributed by atoms with Gasteiger partial charge in [0.15, 0.2) is 5.66 Å². The van der Waals surface area contributed by atoms with Crippen LogP contribution in [0.4, 0.5) is 0 Å². The summed E-state index contributed by atoms with van der Waals surface area (Å²) in [6, 6.07) is 1.53. The van der Waals surface area contributed by atoms with Crippen molar-refractivity contribution in [2.24, 2.45) is 10.2 Å². The minimum atomic E-state index is -3.47. The third-order valence-electron chi connectivity index (χ3n) is 4.60. The monoisotopic (exact) mass is 379 g/mol. The molecule has 0 saturated carbocycles. The van der Waals surface area contributed by atoms with Crippen LogP contribution in [0.25, 0.3) is 0 Å². The molecule has 1 amide bonds. The van der Waals surface area contributed by atoms with Gasteiger partial charge in [0.2, 0.25) is 15.9 Å². The average Bonchev–Trinajstić information content (AvgIpc) is 3.24. The first kappa shape index (κ1) is 18.5. The Morgan fingerprint density at radius 2 is 2.00 bits per heavy atom. The highest BCUT2D eigenvalue weighted by molar-refractivity contribution is 7.88. The van der Waals surface area contributed by atoms with Gasteiger partial charge in [0, 0.05) is 57.9 Å². The smallest absolute Gasteiger partial charge is 0.222 e. The fourth-order valence-electron chi connectivity index (χ4n) is 2.94. The largest absolute Gasteiger partial charge is 0.364 e. The van der Waals surface area contributed by atoms with Crippen molar-refractivity contribution in [3.05, 3.63) is 18.0 Å². The molecule has 1 fully saturated rings. The van der Waals surface area contributed by atoms with Gasteiger partial charge in [0.1, 0.15) is 12.0 Å². The van der Waals surface area contributed by atoms with Gasteiger partial charge in [-0.15, -0.1) is 12.3 Å². The van der Waals surface area contributed by atoms with E-state index in [0.717, 1.165) is 0 Å². The van der Waals surface area contributed by atoms with Gasteiger partial charge in [-0.05, 0) is 0 Å². The summed E-state index contributed by atoms with van der Waals surface area (Å²) in [5.74, 6) is 2.36. The maximum atomic E-state index is 12.4. The molecule has 0 atom stereocenters. The fraction of sp³-hybridized carbons (Fsp3) is 0.625. The van der Waals surface area contributed by atoms with Crippen LogP contribution < -0.4 is 0 Å². The second-order valence-corrected chi connectivity index (χ2v) is 8.38.